The number of aliphatic hydroxyl groups is 1. The number of hydrogen-bond donors (Lipinski definition) is 1. The van der Waals surface area contributed by atoms with Crippen LogP contribution in [-0.4, -0.2) is 24.9 Å². The summed E-state index contributed by atoms with van der Waals surface area (Å²) >= 11 is 5.98. The number of ether oxygens (including phenoxy) is 2. The van der Waals surface area contributed by atoms with E-state index in [4.69, 9.17) is 21.1 Å². The largest absolute Gasteiger partial charge is 0.493 e. The molecule has 1 heterocycles. The summed E-state index contributed by atoms with van der Waals surface area (Å²) in [7, 11) is 0. The zero-order valence-corrected chi connectivity index (χ0v) is 12.5. The normalized spacial score (nSPS) is 18.1. The van der Waals surface area contributed by atoms with E-state index in [9.17, 15) is 9.50 Å². The van der Waals surface area contributed by atoms with Gasteiger partial charge in [-0.3, -0.25) is 0 Å². The molecular weight excluding hydrogens is 283 g/mol. The molecule has 0 spiro atoms. The molecule has 1 aliphatic rings. The van der Waals surface area contributed by atoms with Crippen molar-refractivity contribution < 1.29 is 19.0 Å². The van der Waals surface area contributed by atoms with Crippen molar-refractivity contribution in [3.8, 4) is 5.75 Å². The fourth-order valence-corrected chi connectivity index (χ4v) is 2.84. The summed E-state index contributed by atoms with van der Waals surface area (Å²) in [5, 5.41) is 9.92. The van der Waals surface area contributed by atoms with Gasteiger partial charge in [0.1, 0.15) is 11.6 Å². The molecular formula is C15H20ClFO3. The van der Waals surface area contributed by atoms with Gasteiger partial charge in [0.05, 0.1) is 17.7 Å². The average molecular weight is 303 g/mol. The fourth-order valence-electron chi connectivity index (χ4n) is 2.62. The molecule has 1 fully saturated rings. The molecule has 0 aromatic heterocycles. The highest BCUT2D eigenvalue weighted by Crippen LogP contribution is 2.42. The predicted molar refractivity (Wildman–Crippen MR) is 76.0 cm³/mol. The molecule has 20 heavy (non-hydrogen) atoms. The molecule has 2 rings (SSSR count). The molecule has 1 aromatic rings. The third-order valence-corrected chi connectivity index (χ3v) is 3.88. The number of hydrogen-bond acceptors (Lipinski definition) is 3. The average Bonchev–Trinajstić information content (AvgIpc) is 2.44. The van der Waals surface area contributed by atoms with Gasteiger partial charge in [-0.1, -0.05) is 11.6 Å². The molecule has 1 aliphatic heterocycles. The molecule has 1 atom stereocenters. The number of aliphatic hydroxyl groups excluding tert-OH is 1. The van der Waals surface area contributed by atoms with E-state index in [-0.39, 0.29) is 10.9 Å². The Labute approximate surface area is 123 Å². The maximum absolute atomic E-state index is 14.5. The van der Waals surface area contributed by atoms with Crippen molar-refractivity contribution in [1.29, 1.82) is 0 Å². The summed E-state index contributed by atoms with van der Waals surface area (Å²) in [5.74, 6) is 0.0178. The van der Waals surface area contributed by atoms with Crippen molar-refractivity contribution in [3.63, 3.8) is 0 Å². The molecule has 3 nitrogen and oxygen atoms in total. The molecule has 0 amide bonds. The lowest BCUT2D eigenvalue weighted by Gasteiger charge is -2.27. The van der Waals surface area contributed by atoms with E-state index in [1.54, 1.807) is 6.92 Å². The van der Waals surface area contributed by atoms with Gasteiger partial charge in [-0.2, -0.15) is 0 Å². The summed E-state index contributed by atoms with van der Waals surface area (Å²) in [4.78, 5) is 0. The Balaban J connectivity index is 2.55. The van der Waals surface area contributed by atoms with Crippen LogP contribution >= 0.6 is 11.6 Å². The minimum atomic E-state index is -0.756. The Morgan fingerprint density at radius 2 is 2.15 bits per heavy atom. The summed E-state index contributed by atoms with van der Waals surface area (Å²) in [6, 6.07) is 1.45. The van der Waals surface area contributed by atoms with E-state index in [0.29, 0.717) is 36.7 Å². The van der Waals surface area contributed by atoms with E-state index in [2.05, 4.69) is 0 Å². The highest BCUT2D eigenvalue weighted by molar-refractivity contribution is 6.31. The van der Waals surface area contributed by atoms with Crippen molar-refractivity contribution in [2.45, 2.75) is 38.7 Å². The molecule has 112 valence electrons. The molecule has 1 saturated heterocycles. The van der Waals surface area contributed by atoms with Gasteiger partial charge < -0.3 is 14.6 Å². The molecule has 0 saturated carbocycles. The highest BCUT2D eigenvalue weighted by Gasteiger charge is 2.28. The van der Waals surface area contributed by atoms with Gasteiger partial charge in [0.15, 0.2) is 0 Å². The van der Waals surface area contributed by atoms with Crippen LogP contribution in [0.1, 0.15) is 49.8 Å². The Morgan fingerprint density at radius 1 is 1.50 bits per heavy atom. The molecule has 5 heteroatoms. The molecule has 1 aromatic carbocycles. The maximum atomic E-state index is 14.5. The van der Waals surface area contributed by atoms with Gasteiger partial charge in [0, 0.05) is 24.3 Å². The van der Waals surface area contributed by atoms with Crippen LogP contribution in [0.25, 0.3) is 0 Å². The van der Waals surface area contributed by atoms with Crippen molar-refractivity contribution >= 4 is 11.6 Å². The van der Waals surface area contributed by atoms with Gasteiger partial charge in [-0.25, -0.2) is 4.39 Å². The van der Waals surface area contributed by atoms with Gasteiger partial charge in [-0.15, -0.1) is 0 Å². The third-order valence-electron chi connectivity index (χ3n) is 3.60. The quantitative estimate of drug-likeness (QED) is 0.919. The molecule has 0 aliphatic carbocycles. The van der Waals surface area contributed by atoms with Crippen molar-refractivity contribution in [2.75, 3.05) is 19.8 Å². The first-order valence-corrected chi connectivity index (χ1v) is 7.34. The smallest absolute Gasteiger partial charge is 0.148 e. The Kier molecular flexibility index (Phi) is 5.24. The lowest BCUT2D eigenvalue weighted by molar-refractivity contribution is 0.0837. The summed E-state index contributed by atoms with van der Waals surface area (Å²) in [5.41, 5.74) is 1.03. The Morgan fingerprint density at radius 3 is 2.70 bits per heavy atom. The fraction of sp³-hybridized carbons (Fsp3) is 0.600. The minimum absolute atomic E-state index is 0.0153. The Hall–Kier alpha value is -0.840. The van der Waals surface area contributed by atoms with E-state index in [1.165, 1.54) is 6.07 Å². The zero-order valence-electron chi connectivity index (χ0n) is 11.8. The second kappa shape index (κ2) is 6.74. The molecule has 1 N–H and O–H groups in total. The lowest BCUT2D eigenvalue weighted by Crippen LogP contribution is -2.17. The van der Waals surface area contributed by atoms with Crippen LogP contribution in [0.15, 0.2) is 6.07 Å². The SMILES string of the molecule is CCOc1c(C(C)O)cc(Cl)c(F)c1C1CCOCC1. The Bertz CT molecular complexity index is 471. The summed E-state index contributed by atoms with van der Waals surface area (Å²) in [6.07, 6.45) is 0.709. The summed E-state index contributed by atoms with van der Waals surface area (Å²) < 4.78 is 25.4. The van der Waals surface area contributed by atoms with Crippen LogP contribution in [0.5, 0.6) is 5.75 Å². The predicted octanol–water partition coefficient (Wildman–Crippen LogP) is 3.83. The first kappa shape index (κ1) is 15.5. The maximum Gasteiger partial charge on any atom is 0.148 e. The van der Waals surface area contributed by atoms with Gasteiger partial charge >= 0.3 is 0 Å². The molecule has 0 bridgehead atoms. The number of benzene rings is 1. The van der Waals surface area contributed by atoms with Crippen LogP contribution in [0.2, 0.25) is 5.02 Å². The second-order valence-corrected chi connectivity index (χ2v) is 5.41. The van der Waals surface area contributed by atoms with Crippen molar-refractivity contribution in [1.82, 2.24) is 0 Å². The molecule has 1 unspecified atom stereocenters. The first-order chi connectivity index (χ1) is 9.56. The van der Waals surface area contributed by atoms with Gasteiger partial charge in [0.25, 0.3) is 0 Å². The van der Waals surface area contributed by atoms with E-state index < -0.39 is 11.9 Å². The van der Waals surface area contributed by atoms with Gasteiger partial charge in [-0.05, 0) is 38.7 Å². The van der Waals surface area contributed by atoms with Crippen molar-refractivity contribution in [3.05, 3.63) is 28.0 Å². The number of rotatable bonds is 4. The van der Waals surface area contributed by atoms with Crippen LogP contribution in [0.3, 0.4) is 0 Å². The van der Waals surface area contributed by atoms with E-state index >= 15 is 0 Å². The van der Waals surface area contributed by atoms with E-state index in [1.807, 2.05) is 6.92 Å². The molecule has 0 radical (unpaired) electrons. The van der Waals surface area contributed by atoms with Crippen LogP contribution in [-0.2, 0) is 4.74 Å². The third kappa shape index (κ3) is 3.08. The first-order valence-electron chi connectivity index (χ1n) is 6.96. The van der Waals surface area contributed by atoms with Gasteiger partial charge in [0.2, 0.25) is 0 Å². The van der Waals surface area contributed by atoms with E-state index in [0.717, 1.165) is 12.8 Å². The van der Waals surface area contributed by atoms with Crippen LogP contribution in [0, 0.1) is 5.82 Å². The minimum Gasteiger partial charge on any atom is -0.493 e. The lowest BCUT2D eigenvalue weighted by atomic mass is 9.88. The van der Waals surface area contributed by atoms with Crippen LogP contribution < -0.4 is 4.74 Å². The summed E-state index contributed by atoms with van der Waals surface area (Å²) in [6.45, 7) is 5.08. The highest BCUT2D eigenvalue weighted by atomic mass is 35.5. The topological polar surface area (TPSA) is 38.7 Å². The second-order valence-electron chi connectivity index (χ2n) is 5.00. The van der Waals surface area contributed by atoms with Crippen molar-refractivity contribution in [2.24, 2.45) is 0 Å². The monoisotopic (exact) mass is 302 g/mol. The number of halogens is 2. The standard InChI is InChI=1S/C15H20ClFO3/c1-3-20-15-11(9(2)18)8-12(16)14(17)13(15)10-4-6-19-7-5-10/h8-10,18H,3-7H2,1-2H3. The zero-order chi connectivity index (χ0) is 14.7. The van der Waals surface area contributed by atoms with Crippen LogP contribution in [0.4, 0.5) is 4.39 Å².